The average Bonchev–Trinajstić information content (AvgIpc) is 2.95. The van der Waals surface area contributed by atoms with Gasteiger partial charge in [0.25, 0.3) is 0 Å². The number of H-pyrrole nitrogens is 1. The van der Waals surface area contributed by atoms with Crippen molar-refractivity contribution < 1.29 is 4.74 Å². The van der Waals surface area contributed by atoms with E-state index in [2.05, 4.69) is 23.0 Å². The second-order valence-electron chi connectivity index (χ2n) is 4.82. The normalized spacial score (nSPS) is 10.5. The number of rotatable bonds is 4. The van der Waals surface area contributed by atoms with Crippen LogP contribution in [0.15, 0.2) is 42.5 Å². The fraction of sp³-hybridized carbons (Fsp3) is 0.176. The fourth-order valence-corrected chi connectivity index (χ4v) is 2.20. The van der Waals surface area contributed by atoms with Crippen molar-refractivity contribution >= 4 is 11.0 Å². The first-order valence-electron chi connectivity index (χ1n) is 6.89. The van der Waals surface area contributed by atoms with Crippen LogP contribution in [0.2, 0.25) is 0 Å². The predicted molar refractivity (Wildman–Crippen MR) is 81.0 cm³/mol. The molecule has 0 saturated heterocycles. The number of imidazole rings is 1. The molecule has 0 fully saturated rings. The molecule has 3 aromatic rings. The molecule has 3 rings (SSSR count). The van der Waals surface area contributed by atoms with Gasteiger partial charge < -0.3 is 9.72 Å². The molecule has 0 spiro atoms. The third-order valence-corrected chi connectivity index (χ3v) is 3.30. The summed E-state index contributed by atoms with van der Waals surface area (Å²) in [7, 11) is 0. The van der Waals surface area contributed by atoms with Crippen LogP contribution in [0.4, 0.5) is 0 Å². The maximum atomic E-state index is 8.89. The second kappa shape index (κ2) is 5.68. The number of hydrogen-bond acceptors (Lipinski definition) is 3. The quantitative estimate of drug-likeness (QED) is 0.793. The largest absolute Gasteiger partial charge is 0.489 e. The number of benzene rings is 2. The molecule has 0 bridgehead atoms. The summed E-state index contributed by atoms with van der Waals surface area (Å²) in [4.78, 5) is 7.73. The first-order chi connectivity index (χ1) is 10.3. The standard InChI is InChI=1S/C17H15N3O/c1-2-17-19-15-7-6-14(9-16(15)20-17)21-11-13-5-3-4-12(8-13)10-18/h3-9H,2,11H2,1H3,(H,19,20). The van der Waals surface area contributed by atoms with Crippen molar-refractivity contribution in [3.05, 3.63) is 59.4 Å². The molecule has 1 heterocycles. The number of nitrogens with zero attached hydrogens (tertiary/aromatic N) is 2. The lowest BCUT2D eigenvalue weighted by Crippen LogP contribution is -1.95. The number of aromatic amines is 1. The zero-order chi connectivity index (χ0) is 14.7. The SMILES string of the molecule is CCc1nc2ccc(OCc3cccc(C#N)c3)cc2[nH]1. The van der Waals surface area contributed by atoms with Gasteiger partial charge in [0, 0.05) is 12.5 Å². The molecule has 104 valence electrons. The van der Waals surface area contributed by atoms with Gasteiger partial charge in [-0.3, -0.25) is 0 Å². The van der Waals surface area contributed by atoms with Gasteiger partial charge in [-0.2, -0.15) is 5.26 Å². The van der Waals surface area contributed by atoms with Crippen LogP contribution in [0.3, 0.4) is 0 Å². The van der Waals surface area contributed by atoms with Crippen LogP contribution in [0, 0.1) is 11.3 Å². The Labute approximate surface area is 123 Å². The fourth-order valence-electron chi connectivity index (χ4n) is 2.20. The Morgan fingerprint density at radius 2 is 2.14 bits per heavy atom. The predicted octanol–water partition coefficient (Wildman–Crippen LogP) is 3.58. The Morgan fingerprint density at radius 3 is 2.95 bits per heavy atom. The van der Waals surface area contributed by atoms with Crippen LogP contribution < -0.4 is 4.74 Å². The zero-order valence-corrected chi connectivity index (χ0v) is 11.8. The topological polar surface area (TPSA) is 61.7 Å². The summed E-state index contributed by atoms with van der Waals surface area (Å²) < 4.78 is 5.79. The highest BCUT2D eigenvalue weighted by Crippen LogP contribution is 2.20. The van der Waals surface area contributed by atoms with Gasteiger partial charge in [-0.1, -0.05) is 19.1 Å². The van der Waals surface area contributed by atoms with Crippen LogP contribution in [0.1, 0.15) is 23.9 Å². The number of ether oxygens (including phenoxy) is 1. The number of hydrogen-bond donors (Lipinski definition) is 1. The van der Waals surface area contributed by atoms with Crippen molar-refractivity contribution in [2.75, 3.05) is 0 Å². The molecule has 0 aliphatic heterocycles. The average molecular weight is 277 g/mol. The third kappa shape index (κ3) is 2.87. The summed E-state index contributed by atoms with van der Waals surface area (Å²) in [5, 5.41) is 8.89. The zero-order valence-electron chi connectivity index (χ0n) is 11.8. The van der Waals surface area contributed by atoms with Gasteiger partial charge in [0.2, 0.25) is 0 Å². The molecule has 0 aliphatic rings. The van der Waals surface area contributed by atoms with Crippen molar-refractivity contribution in [3.8, 4) is 11.8 Å². The van der Waals surface area contributed by atoms with Crippen molar-refractivity contribution in [3.63, 3.8) is 0 Å². The van der Waals surface area contributed by atoms with E-state index in [-0.39, 0.29) is 0 Å². The number of aromatic nitrogens is 2. The van der Waals surface area contributed by atoms with E-state index in [4.69, 9.17) is 10.00 Å². The summed E-state index contributed by atoms with van der Waals surface area (Å²) in [6.45, 7) is 2.51. The molecule has 4 nitrogen and oxygen atoms in total. The van der Waals surface area contributed by atoms with Crippen LogP contribution in [0.25, 0.3) is 11.0 Å². The van der Waals surface area contributed by atoms with Crippen molar-refractivity contribution in [2.45, 2.75) is 20.0 Å². The molecule has 0 amide bonds. The van der Waals surface area contributed by atoms with E-state index in [1.807, 2.05) is 36.4 Å². The lowest BCUT2D eigenvalue weighted by Gasteiger charge is -2.06. The van der Waals surface area contributed by atoms with Gasteiger partial charge in [0.15, 0.2) is 0 Å². The van der Waals surface area contributed by atoms with Gasteiger partial charge in [-0.05, 0) is 29.8 Å². The van der Waals surface area contributed by atoms with Gasteiger partial charge in [0.1, 0.15) is 18.2 Å². The van der Waals surface area contributed by atoms with Crippen LogP contribution >= 0.6 is 0 Å². The lowest BCUT2D eigenvalue weighted by atomic mass is 10.1. The van der Waals surface area contributed by atoms with E-state index in [9.17, 15) is 0 Å². The maximum absolute atomic E-state index is 8.89. The highest BCUT2D eigenvalue weighted by Gasteiger charge is 2.03. The third-order valence-electron chi connectivity index (χ3n) is 3.30. The molecular formula is C17H15N3O. The molecule has 2 aromatic carbocycles. The number of fused-ring (bicyclic) bond motifs is 1. The van der Waals surface area contributed by atoms with Crippen LogP contribution in [-0.2, 0) is 13.0 Å². The minimum absolute atomic E-state index is 0.440. The van der Waals surface area contributed by atoms with Gasteiger partial charge in [-0.15, -0.1) is 0 Å². The Hall–Kier alpha value is -2.80. The van der Waals surface area contributed by atoms with E-state index >= 15 is 0 Å². The van der Waals surface area contributed by atoms with Gasteiger partial charge >= 0.3 is 0 Å². The Bertz CT molecular complexity index is 814. The Morgan fingerprint density at radius 1 is 1.24 bits per heavy atom. The molecule has 0 saturated carbocycles. The van der Waals surface area contributed by atoms with Gasteiger partial charge in [0.05, 0.1) is 22.7 Å². The highest BCUT2D eigenvalue weighted by molar-refractivity contribution is 5.76. The number of nitrogens with one attached hydrogen (secondary N) is 1. The van der Waals surface area contributed by atoms with Crippen molar-refractivity contribution in [1.29, 1.82) is 5.26 Å². The van der Waals surface area contributed by atoms with E-state index < -0.39 is 0 Å². The molecule has 0 unspecified atom stereocenters. The van der Waals surface area contributed by atoms with E-state index in [1.165, 1.54) is 0 Å². The highest BCUT2D eigenvalue weighted by atomic mass is 16.5. The van der Waals surface area contributed by atoms with E-state index in [0.29, 0.717) is 12.2 Å². The Kier molecular flexibility index (Phi) is 3.57. The summed E-state index contributed by atoms with van der Waals surface area (Å²) in [6.07, 6.45) is 0.881. The number of aryl methyl sites for hydroxylation is 1. The minimum Gasteiger partial charge on any atom is -0.489 e. The first kappa shape index (κ1) is 13.2. The Balaban J connectivity index is 1.76. The molecular weight excluding hydrogens is 262 g/mol. The molecule has 4 heteroatoms. The van der Waals surface area contributed by atoms with Gasteiger partial charge in [-0.25, -0.2) is 4.98 Å². The summed E-state index contributed by atoms with van der Waals surface area (Å²) in [5.41, 5.74) is 3.56. The molecule has 1 N–H and O–H groups in total. The molecule has 1 aromatic heterocycles. The summed E-state index contributed by atoms with van der Waals surface area (Å²) in [6, 6.07) is 15.4. The van der Waals surface area contributed by atoms with E-state index in [1.54, 1.807) is 6.07 Å². The smallest absolute Gasteiger partial charge is 0.122 e. The minimum atomic E-state index is 0.440. The van der Waals surface area contributed by atoms with E-state index in [0.717, 1.165) is 34.6 Å². The van der Waals surface area contributed by atoms with Crippen molar-refractivity contribution in [2.24, 2.45) is 0 Å². The second-order valence-corrected chi connectivity index (χ2v) is 4.82. The number of nitriles is 1. The molecule has 0 radical (unpaired) electrons. The van der Waals surface area contributed by atoms with Crippen molar-refractivity contribution in [1.82, 2.24) is 9.97 Å². The lowest BCUT2D eigenvalue weighted by molar-refractivity contribution is 0.306. The summed E-state index contributed by atoms with van der Waals surface area (Å²) >= 11 is 0. The molecule has 21 heavy (non-hydrogen) atoms. The first-order valence-corrected chi connectivity index (χ1v) is 6.89. The summed E-state index contributed by atoms with van der Waals surface area (Å²) in [5.74, 6) is 1.76. The van der Waals surface area contributed by atoms with Crippen LogP contribution in [0.5, 0.6) is 5.75 Å². The molecule has 0 aliphatic carbocycles. The molecule has 0 atom stereocenters. The maximum Gasteiger partial charge on any atom is 0.122 e. The monoisotopic (exact) mass is 277 g/mol. The van der Waals surface area contributed by atoms with Crippen LogP contribution in [-0.4, -0.2) is 9.97 Å².